The highest BCUT2D eigenvalue weighted by Gasteiger charge is 2.28. The Balaban J connectivity index is 1.84. The molecule has 0 aliphatic heterocycles. The van der Waals surface area contributed by atoms with Crippen LogP contribution in [0.25, 0.3) is 10.2 Å². The zero-order chi connectivity index (χ0) is 42.5. The van der Waals surface area contributed by atoms with Gasteiger partial charge in [-0.1, -0.05) is 89.9 Å². The van der Waals surface area contributed by atoms with Crippen LogP contribution in [0.1, 0.15) is 117 Å². The molecule has 57 heavy (non-hydrogen) atoms. The number of nitrogens with two attached hydrogens (primary N) is 1. The van der Waals surface area contributed by atoms with Crippen molar-refractivity contribution in [3.05, 3.63) is 79.8 Å². The highest BCUT2D eigenvalue weighted by atomic mass is 35.5. The average Bonchev–Trinajstić information content (AvgIpc) is 3.47. The minimum absolute atomic E-state index is 0.000812. The van der Waals surface area contributed by atoms with Gasteiger partial charge in [-0.15, -0.1) is 10.2 Å². The third-order valence-corrected chi connectivity index (χ3v) is 12.5. The topological polar surface area (TPSA) is 226 Å². The third kappa shape index (κ3) is 9.40. The SMILES string of the molecule is Cc1c(N=Nc2nc3cc(Cl)c(Cl)cc3s2)c(Nc2c(C(C)C)cc(S(=O)(=O)O)cc2C(C)C)nc(Nc2c(C(C)C)cc(S(=O)(=O)O)cc2C(C)C)c1C(N)=O. The molecule has 5 aromatic rings. The van der Waals surface area contributed by atoms with Crippen LogP contribution in [0.4, 0.5) is 33.8 Å². The summed E-state index contributed by atoms with van der Waals surface area (Å²) < 4.78 is 70.2. The minimum atomic E-state index is -4.58. The van der Waals surface area contributed by atoms with Crippen molar-refractivity contribution in [2.24, 2.45) is 16.0 Å². The van der Waals surface area contributed by atoms with Crippen LogP contribution in [0.15, 0.2) is 56.4 Å². The first-order valence-corrected chi connectivity index (χ1v) is 22.2. The minimum Gasteiger partial charge on any atom is -0.365 e. The number of nitrogens with zero attached hydrogens (tertiary/aromatic N) is 4. The zero-order valence-corrected chi connectivity index (χ0v) is 36.5. The van der Waals surface area contributed by atoms with Crippen LogP contribution >= 0.6 is 34.5 Å². The number of amides is 1. The second kappa shape index (κ2) is 16.6. The Hall–Kier alpha value is -4.23. The van der Waals surface area contributed by atoms with Crippen molar-refractivity contribution >= 4 is 105 Å². The number of carbonyl (C=O) groups excluding carboxylic acids is 1. The molecule has 3 aromatic carbocycles. The zero-order valence-electron chi connectivity index (χ0n) is 32.6. The van der Waals surface area contributed by atoms with E-state index in [4.69, 9.17) is 33.9 Å². The molecule has 1 amide bonds. The van der Waals surface area contributed by atoms with Gasteiger partial charge in [0.2, 0.25) is 5.13 Å². The van der Waals surface area contributed by atoms with Crippen molar-refractivity contribution in [1.82, 2.24) is 9.97 Å². The molecule has 6 N–H and O–H groups in total. The lowest BCUT2D eigenvalue weighted by Crippen LogP contribution is -2.18. The molecule has 19 heteroatoms. The van der Waals surface area contributed by atoms with Gasteiger partial charge in [0.25, 0.3) is 26.1 Å². The Labute approximate surface area is 345 Å². The van der Waals surface area contributed by atoms with Gasteiger partial charge in [-0.2, -0.15) is 16.8 Å². The molecule has 14 nitrogen and oxygen atoms in total. The van der Waals surface area contributed by atoms with Crippen molar-refractivity contribution in [2.45, 2.75) is 95.8 Å². The fourth-order valence-electron chi connectivity index (χ4n) is 6.31. The number of pyridine rings is 1. The maximum atomic E-state index is 13.4. The molecule has 0 saturated carbocycles. The molecular formula is C38H43Cl2N7O7S3. The van der Waals surface area contributed by atoms with Crippen LogP contribution < -0.4 is 16.4 Å². The first-order valence-electron chi connectivity index (χ1n) is 17.7. The summed E-state index contributed by atoms with van der Waals surface area (Å²) in [7, 11) is -9.16. The molecule has 0 unspecified atom stereocenters. The van der Waals surface area contributed by atoms with Crippen molar-refractivity contribution in [1.29, 1.82) is 0 Å². The van der Waals surface area contributed by atoms with Crippen LogP contribution in [0, 0.1) is 6.92 Å². The summed E-state index contributed by atoms with van der Waals surface area (Å²) in [4.78, 5) is 22.2. The number of anilines is 4. The third-order valence-electron chi connectivity index (χ3n) is 9.23. The van der Waals surface area contributed by atoms with Gasteiger partial charge in [0, 0.05) is 11.4 Å². The van der Waals surface area contributed by atoms with Gasteiger partial charge in [0.15, 0.2) is 5.82 Å². The first kappa shape index (κ1) is 43.9. The van der Waals surface area contributed by atoms with E-state index < -0.39 is 26.1 Å². The smallest absolute Gasteiger partial charge is 0.294 e. The number of azo groups is 1. The number of hydrogen-bond acceptors (Lipinski definition) is 12. The van der Waals surface area contributed by atoms with Gasteiger partial charge in [0.05, 0.1) is 35.6 Å². The number of fused-ring (bicyclic) bond motifs is 1. The van der Waals surface area contributed by atoms with Crippen LogP contribution in [-0.2, 0) is 20.2 Å². The lowest BCUT2D eigenvalue weighted by molar-refractivity contribution is 0.1000. The second-order valence-corrected chi connectivity index (χ2v) is 19.4. The molecule has 0 aliphatic carbocycles. The molecule has 2 aromatic heterocycles. The standard InChI is InChI=1S/C38H43Cl2N7O7S3/c1-16(2)23-10-21(56(49,50)51)11-24(17(3)4)33(23)43-36-31(35(41)48)20(9)32(46-47-38-42-29-14-27(39)28(40)15-30(29)55-38)37(45-36)44-34-25(18(5)6)12-22(57(52,53)54)13-26(34)19(7)8/h10-19H,1-9H3,(H2,41,48)(H2,43,44,45)(H,49,50,51)(H,52,53,54). The molecule has 0 atom stereocenters. The van der Waals surface area contributed by atoms with Gasteiger partial charge in [-0.3, -0.25) is 13.9 Å². The van der Waals surface area contributed by atoms with E-state index in [1.54, 1.807) is 19.1 Å². The lowest BCUT2D eigenvalue weighted by Gasteiger charge is -2.25. The lowest BCUT2D eigenvalue weighted by atomic mass is 9.92. The van der Waals surface area contributed by atoms with E-state index in [0.717, 1.165) is 0 Å². The molecule has 5 rings (SSSR count). The van der Waals surface area contributed by atoms with Crippen molar-refractivity contribution in [2.75, 3.05) is 10.6 Å². The van der Waals surface area contributed by atoms with Gasteiger partial charge in [-0.25, -0.2) is 9.97 Å². The van der Waals surface area contributed by atoms with Crippen molar-refractivity contribution in [3.63, 3.8) is 0 Å². The number of benzene rings is 3. The number of carbonyl (C=O) groups is 1. The van der Waals surface area contributed by atoms with E-state index in [9.17, 15) is 30.7 Å². The molecule has 0 aliphatic rings. The predicted molar refractivity (Wildman–Crippen MR) is 227 cm³/mol. The normalized spacial score (nSPS) is 12.6. The Bertz CT molecular complexity index is 2580. The molecular weight excluding hydrogens is 834 g/mol. The predicted octanol–water partition coefficient (Wildman–Crippen LogP) is 11.3. The van der Waals surface area contributed by atoms with E-state index in [0.29, 0.717) is 53.9 Å². The summed E-state index contributed by atoms with van der Waals surface area (Å²) in [5.74, 6) is -1.82. The Kier molecular flexibility index (Phi) is 12.7. The summed E-state index contributed by atoms with van der Waals surface area (Å²) in [6.45, 7) is 16.5. The summed E-state index contributed by atoms with van der Waals surface area (Å²) in [6.07, 6.45) is 0. The summed E-state index contributed by atoms with van der Waals surface area (Å²) in [5, 5.41) is 16.5. The molecule has 2 heterocycles. The maximum absolute atomic E-state index is 13.4. The van der Waals surface area contributed by atoms with E-state index >= 15 is 0 Å². The number of aromatic nitrogens is 2. The van der Waals surface area contributed by atoms with Crippen molar-refractivity contribution in [3.8, 4) is 0 Å². The van der Waals surface area contributed by atoms with Gasteiger partial charge in [0.1, 0.15) is 11.5 Å². The highest BCUT2D eigenvalue weighted by molar-refractivity contribution is 7.86. The number of halogens is 2. The number of rotatable bonds is 13. The van der Waals surface area contributed by atoms with Gasteiger partial charge >= 0.3 is 0 Å². The molecule has 0 fully saturated rings. The fraction of sp³-hybridized carbons (Fsp3) is 0.342. The first-order chi connectivity index (χ1) is 26.4. The molecule has 304 valence electrons. The number of thiazole rings is 1. The fourth-order valence-corrected chi connectivity index (χ4v) is 8.60. The van der Waals surface area contributed by atoms with Crippen molar-refractivity contribution < 1.29 is 30.7 Å². The second-order valence-electron chi connectivity index (χ2n) is 14.7. The van der Waals surface area contributed by atoms with Crippen LogP contribution in [-0.4, -0.2) is 41.8 Å². The monoisotopic (exact) mass is 875 g/mol. The molecule has 0 radical (unpaired) electrons. The van der Waals surface area contributed by atoms with E-state index in [1.807, 2.05) is 55.4 Å². The molecule has 0 bridgehead atoms. The van der Waals surface area contributed by atoms with Gasteiger partial charge < -0.3 is 16.4 Å². The average molecular weight is 877 g/mol. The molecule has 0 spiro atoms. The number of nitrogens with one attached hydrogen (secondary N) is 2. The Morgan fingerprint density at radius 3 is 1.53 bits per heavy atom. The van der Waals surface area contributed by atoms with Crippen LogP contribution in [0.2, 0.25) is 10.0 Å². The van der Waals surface area contributed by atoms with E-state index in [1.165, 1.54) is 35.6 Å². The van der Waals surface area contributed by atoms with Crippen LogP contribution in [0.5, 0.6) is 0 Å². The largest absolute Gasteiger partial charge is 0.365 e. The van der Waals surface area contributed by atoms with Gasteiger partial charge in [-0.05, 0) is 94.8 Å². The van der Waals surface area contributed by atoms with E-state index in [2.05, 4.69) is 25.8 Å². The molecule has 0 saturated heterocycles. The Morgan fingerprint density at radius 2 is 1.12 bits per heavy atom. The number of primary amides is 1. The highest BCUT2D eigenvalue weighted by Crippen LogP contribution is 2.44. The number of hydrogen-bond donors (Lipinski definition) is 5. The van der Waals surface area contributed by atoms with Crippen LogP contribution in [0.3, 0.4) is 0 Å². The summed E-state index contributed by atoms with van der Waals surface area (Å²) >= 11 is 13.7. The maximum Gasteiger partial charge on any atom is 0.294 e. The summed E-state index contributed by atoms with van der Waals surface area (Å²) in [6, 6.07) is 8.78. The quantitative estimate of drug-likeness (QED) is 0.0552. The summed E-state index contributed by atoms with van der Waals surface area (Å²) in [5.41, 5.74) is 9.95. The van der Waals surface area contributed by atoms with E-state index in [-0.39, 0.29) is 67.0 Å². The Morgan fingerprint density at radius 1 is 0.702 bits per heavy atom.